The largest absolute Gasteiger partial charge is 0.393 e. The third-order valence-electron chi connectivity index (χ3n) is 2.07. The van der Waals surface area contributed by atoms with E-state index in [0.717, 1.165) is 0 Å². The first-order valence-corrected chi connectivity index (χ1v) is 3.63. The van der Waals surface area contributed by atoms with E-state index in [9.17, 15) is 4.79 Å². The fourth-order valence-electron chi connectivity index (χ4n) is 1.34. The highest BCUT2D eigenvalue weighted by atomic mass is 16.3. The number of hydrogen-bond acceptors (Lipinski definition) is 2. The molecule has 0 bridgehead atoms. The van der Waals surface area contributed by atoms with E-state index >= 15 is 0 Å². The second-order valence-corrected chi connectivity index (χ2v) is 2.87. The molecule has 1 rings (SSSR count). The van der Waals surface area contributed by atoms with Crippen LogP contribution in [0.15, 0.2) is 0 Å². The zero-order chi connectivity index (χ0) is 7.56. The number of aliphatic hydroxyl groups is 1. The summed E-state index contributed by atoms with van der Waals surface area (Å²) >= 11 is 0. The normalized spacial score (nSPS) is 33.7. The maximum absolute atomic E-state index is 10.5. The van der Waals surface area contributed by atoms with Crippen molar-refractivity contribution in [3.63, 3.8) is 0 Å². The Balaban J connectivity index is 2.33. The second-order valence-electron chi connectivity index (χ2n) is 2.87. The monoisotopic (exact) mass is 142 g/mol. The lowest BCUT2D eigenvalue weighted by Crippen LogP contribution is -2.24. The Labute approximate surface area is 60.2 Å². The standard InChI is InChI=1S/C7H12NO2/c8-7(10)5-1-3-6(9)4-2-5/h5-6,8-9H,1-4H2/t5-,6-. The first kappa shape index (κ1) is 7.54. The van der Waals surface area contributed by atoms with Gasteiger partial charge in [-0.3, -0.25) is 10.5 Å². The van der Waals surface area contributed by atoms with Gasteiger partial charge in [-0.1, -0.05) is 0 Å². The minimum absolute atomic E-state index is 0.0941. The molecule has 0 aliphatic heterocycles. The molecule has 1 aliphatic rings. The average Bonchev–Trinajstić information content (AvgIpc) is 1.88. The van der Waals surface area contributed by atoms with Gasteiger partial charge in [-0.05, 0) is 25.7 Å². The summed E-state index contributed by atoms with van der Waals surface area (Å²) in [7, 11) is 0. The number of aliphatic hydroxyl groups excluding tert-OH is 1. The molecule has 1 aliphatic carbocycles. The van der Waals surface area contributed by atoms with E-state index in [1.54, 1.807) is 0 Å². The van der Waals surface area contributed by atoms with Crippen LogP contribution >= 0.6 is 0 Å². The van der Waals surface area contributed by atoms with Crippen molar-refractivity contribution >= 4 is 5.91 Å². The number of amides is 1. The summed E-state index contributed by atoms with van der Waals surface area (Å²) in [6, 6.07) is 0. The Hall–Kier alpha value is -0.570. The van der Waals surface area contributed by atoms with Gasteiger partial charge in [0.2, 0.25) is 5.91 Å². The lowest BCUT2D eigenvalue weighted by molar-refractivity contribution is -0.123. The summed E-state index contributed by atoms with van der Waals surface area (Å²) in [5.74, 6) is -0.560. The molecular weight excluding hydrogens is 130 g/mol. The molecule has 10 heavy (non-hydrogen) atoms. The molecule has 0 spiro atoms. The molecule has 1 radical (unpaired) electrons. The van der Waals surface area contributed by atoms with Crippen molar-refractivity contribution in [2.75, 3.05) is 0 Å². The Kier molecular flexibility index (Phi) is 2.27. The van der Waals surface area contributed by atoms with Crippen molar-refractivity contribution in [3.05, 3.63) is 0 Å². The van der Waals surface area contributed by atoms with Crippen LogP contribution in [0.25, 0.3) is 0 Å². The van der Waals surface area contributed by atoms with Crippen LogP contribution < -0.4 is 5.73 Å². The first-order chi connectivity index (χ1) is 4.70. The molecule has 0 atom stereocenters. The maximum Gasteiger partial charge on any atom is 0.241 e. The molecule has 3 nitrogen and oxygen atoms in total. The number of carbonyl (C=O) groups is 1. The molecule has 1 fully saturated rings. The summed E-state index contributed by atoms with van der Waals surface area (Å²) < 4.78 is 0. The summed E-state index contributed by atoms with van der Waals surface area (Å²) in [4.78, 5) is 10.5. The van der Waals surface area contributed by atoms with Gasteiger partial charge in [-0.2, -0.15) is 0 Å². The van der Waals surface area contributed by atoms with Gasteiger partial charge in [0.15, 0.2) is 0 Å². The highest BCUT2D eigenvalue weighted by Gasteiger charge is 2.23. The van der Waals surface area contributed by atoms with Gasteiger partial charge in [-0.15, -0.1) is 0 Å². The smallest absolute Gasteiger partial charge is 0.241 e. The molecule has 0 aromatic rings. The predicted molar refractivity (Wildman–Crippen MR) is 36.1 cm³/mol. The minimum Gasteiger partial charge on any atom is -0.393 e. The highest BCUT2D eigenvalue weighted by molar-refractivity contribution is 5.75. The van der Waals surface area contributed by atoms with Gasteiger partial charge in [-0.25, -0.2) is 0 Å². The Morgan fingerprint density at radius 3 is 2.20 bits per heavy atom. The van der Waals surface area contributed by atoms with Gasteiger partial charge < -0.3 is 5.11 Å². The van der Waals surface area contributed by atoms with Crippen molar-refractivity contribution in [3.8, 4) is 0 Å². The third-order valence-corrected chi connectivity index (χ3v) is 2.07. The number of nitrogens with one attached hydrogen (secondary N) is 1. The molecule has 3 heteroatoms. The third kappa shape index (κ3) is 1.70. The molecule has 0 aromatic carbocycles. The number of rotatable bonds is 1. The Morgan fingerprint density at radius 2 is 1.80 bits per heavy atom. The molecule has 1 saturated carbocycles. The number of hydrogen-bond donors (Lipinski definition) is 1. The van der Waals surface area contributed by atoms with Crippen molar-refractivity contribution in [1.82, 2.24) is 5.73 Å². The van der Waals surface area contributed by atoms with Gasteiger partial charge in [0.25, 0.3) is 0 Å². The fourth-order valence-corrected chi connectivity index (χ4v) is 1.34. The van der Waals surface area contributed by atoms with E-state index in [1.165, 1.54) is 0 Å². The molecule has 1 amide bonds. The van der Waals surface area contributed by atoms with E-state index in [2.05, 4.69) is 0 Å². The summed E-state index contributed by atoms with van der Waals surface area (Å²) in [6.45, 7) is 0. The highest BCUT2D eigenvalue weighted by Crippen LogP contribution is 2.23. The van der Waals surface area contributed by atoms with Crippen LogP contribution in [0.1, 0.15) is 25.7 Å². The van der Waals surface area contributed by atoms with Gasteiger partial charge in [0.1, 0.15) is 0 Å². The minimum atomic E-state index is -0.466. The van der Waals surface area contributed by atoms with Crippen molar-refractivity contribution in [2.45, 2.75) is 31.8 Å². The lowest BCUT2D eigenvalue weighted by atomic mass is 9.87. The topological polar surface area (TPSA) is 61.1 Å². The molecule has 0 saturated heterocycles. The average molecular weight is 142 g/mol. The first-order valence-electron chi connectivity index (χ1n) is 3.63. The zero-order valence-electron chi connectivity index (χ0n) is 5.84. The van der Waals surface area contributed by atoms with Gasteiger partial charge in [0.05, 0.1) is 6.10 Å². The van der Waals surface area contributed by atoms with Crippen LogP contribution in [0.4, 0.5) is 0 Å². The van der Waals surface area contributed by atoms with Crippen molar-refractivity contribution in [1.29, 1.82) is 0 Å². The van der Waals surface area contributed by atoms with Crippen LogP contribution in [-0.2, 0) is 4.79 Å². The zero-order valence-corrected chi connectivity index (χ0v) is 5.84. The predicted octanol–water partition coefficient (Wildman–Crippen LogP) is 0.347. The SMILES string of the molecule is [NH]C(=O)[C@H]1CC[C@H](O)CC1. The molecular formula is C7H12NO2. The molecule has 57 valence electrons. The van der Waals surface area contributed by atoms with Gasteiger partial charge in [0, 0.05) is 5.92 Å². The second kappa shape index (κ2) is 3.01. The van der Waals surface area contributed by atoms with E-state index in [4.69, 9.17) is 10.8 Å². The number of carbonyl (C=O) groups excluding carboxylic acids is 1. The summed E-state index contributed by atoms with van der Waals surface area (Å²) in [5.41, 5.74) is 6.82. The van der Waals surface area contributed by atoms with E-state index < -0.39 is 5.91 Å². The van der Waals surface area contributed by atoms with E-state index in [0.29, 0.717) is 25.7 Å². The van der Waals surface area contributed by atoms with E-state index in [1.807, 2.05) is 0 Å². The van der Waals surface area contributed by atoms with Crippen LogP contribution in [0, 0.1) is 5.92 Å². The van der Waals surface area contributed by atoms with Crippen molar-refractivity contribution in [2.24, 2.45) is 5.92 Å². The molecule has 0 heterocycles. The van der Waals surface area contributed by atoms with Crippen LogP contribution in [0.5, 0.6) is 0 Å². The summed E-state index contributed by atoms with van der Waals surface area (Å²) in [5, 5.41) is 9.04. The van der Waals surface area contributed by atoms with Crippen LogP contribution in [0.2, 0.25) is 0 Å². The Bertz CT molecular complexity index is 128. The fraction of sp³-hybridized carbons (Fsp3) is 0.857. The molecule has 0 unspecified atom stereocenters. The van der Waals surface area contributed by atoms with Crippen LogP contribution in [0.3, 0.4) is 0 Å². The summed E-state index contributed by atoms with van der Waals surface area (Å²) in [6.07, 6.45) is 2.55. The molecule has 0 aromatic heterocycles. The molecule has 2 N–H and O–H groups in total. The van der Waals surface area contributed by atoms with Gasteiger partial charge >= 0.3 is 0 Å². The quantitative estimate of drug-likeness (QED) is 0.574. The van der Waals surface area contributed by atoms with Crippen LogP contribution in [-0.4, -0.2) is 17.1 Å². The Morgan fingerprint density at radius 1 is 1.30 bits per heavy atom. The lowest BCUT2D eigenvalue weighted by Gasteiger charge is -2.21. The van der Waals surface area contributed by atoms with Crippen molar-refractivity contribution < 1.29 is 9.90 Å². The van der Waals surface area contributed by atoms with E-state index in [-0.39, 0.29) is 12.0 Å². The maximum atomic E-state index is 10.5.